The van der Waals surface area contributed by atoms with Crippen LogP contribution in [0.4, 0.5) is 11.4 Å². The highest BCUT2D eigenvalue weighted by molar-refractivity contribution is 6.10. The smallest absolute Gasteiger partial charge is 0.252 e. The standard InChI is InChI=1S/C43H65N3O3/c1-5-7-9-11-13-15-17-19-21-23-25-34-27-32-38-40(37(34)26-24-22-20-18-16-14-12-10-8-6-2)41(33(3)39(42(38)47)43(44)48)46-45-35-28-30-36(49-4)31-29-35/h27-32,47H,5-26H2,1-4H3,(H2,44,48). The number of aryl methyl sites for hydroxylation is 2. The van der Waals surface area contributed by atoms with Gasteiger partial charge >= 0.3 is 0 Å². The molecule has 0 fully saturated rings. The summed E-state index contributed by atoms with van der Waals surface area (Å²) in [5.41, 5.74) is 10.3. The Morgan fingerprint density at radius 2 is 1.16 bits per heavy atom. The molecule has 1 amide bonds. The third-order valence-corrected chi connectivity index (χ3v) is 10.0. The molecule has 3 rings (SSSR count). The van der Waals surface area contributed by atoms with Gasteiger partial charge in [0.1, 0.15) is 11.5 Å². The zero-order chi connectivity index (χ0) is 35.3. The van der Waals surface area contributed by atoms with Crippen LogP contribution in [0.1, 0.15) is 169 Å². The first-order valence-corrected chi connectivity index (χ1v) is 19.6. The van der Waals surface area contributed by atoms with Crippen molar-refractivity contribution in [1.82, 2.24) is 0 Å². The van der Waals surface area contributed by atoms with E-state index in [1.54, 1.807) is 7.11 Å². The Bertz CT molecular complexity index is 1430. The first-order chi connectivity index (χ1) is 23.9. The quantitative estimate of drug-likeness (QED) is 0.0656. The number of aromatic hydroxyl groups is 1. The number of azo groups is 1. The van der Waals surface area contributed by atoms with Gasteiger partial charge in [0.15, 0.2) is 0 Å². The highest BCUT2D eigenvalue weighted by Crippen LogP contribution is 2.44. The fourth-order valence-corrected chi connectivity index (χ4v) is 7.07. The van der Waals surface area contributed by atoms with Crippen molar-refractivity contribution in [1.29, 1.82) is 0 Å². The summed E-state index contributed by atoms with van der Waals surface area (Å²) in [6, 6.07) is 11.5. The minimum Gasteiger partial charge on any atom is -0.506 e. The van der Waals surface area contributed by atoms with Gasteiger partial charge in [-0.3, -0.25) is 4.79 Å². The number of ether oxygens (including phenoxy) is 1. The molecule has 270 valence electrons. The Labute approximate surface area is 297 Å². The summed E-state index contributed by atoms with van der Waals surface area (Å²) in [5, 5.41) is 22.3. The van der Waals surface area contributed by atoms with Crippen LogP contribution >= 0.6 is 0 Å². The number of phenols is 1. The predicted octanol–water partition coefficient (Wildman–Crippen LogP) is 13.3. The van der Waals surface area contributed by atoms with E-state index in [4.69, 9.17) is 15.6 Å². The molecule has 0 heterocycles. The van der Waals surface area contributed by atoms with E-state index in [2.05, 4.69) is 25.0 Å². The summed E-state index contributed by atoms with van der Waals surface area (Å²) in [6.45, 7) is 6.36. The van der Waals surface area contributed by atoms with Crippen molar-refractivity contribution in [3.8, 4) is 11.5 Å². The molecule has 6 heteroatoms. The molecule has 0 saturated heterocycles. The summed E-state index contributed by atoms with van der Waals surface area (Å²) in [7, 11) is 1.64. The summed E-state index contributed by atoms with van der Waals surface area (Å²) in [4.78, 5) is 12.6. The van der Waals surface area contributed by atoms with Crippen LogP contribution in [0.5, 0.6) is 11.5 Å². The molecule has 0 aromatic heterocycles. The summed E-state index contributed by atoms with van der Waals surface area (Å²) in [6.07, 6.45) is 27.8. The largest absolute Gasteiger partial charge is 0.506 e. The molecular formula is C43H65N3O3. The number of nitrogens with two attached hydrogens (primary N) is 1. The number of carbonyl (C=O) groups excluding carboxylic acids is 1. The van der Waals surface area contributed by atoms with Gasteiger partial charge < -0.3 is 15.6 Å². The lowest BCUT2D eigenvalue weighted by Crippen LogP contribution is -2.13. The molecule has 0 aliphatic carbocycles. The predicted molar refractivity (Wildman–Crippen MR) is 207 cm³/mol. The first-order valence-electron chi connectivity index (χ1n) is 19.6. The van der Waals surface area contributed by atoms with Crippen LogP contribution in [0.2, 0.25) is 0 Å². The molecule has 0 aliphatic rings. The highest BCUT2D eigenvalue weighted by atomic mass is 16.5. The van der Waals surface area contributed by atoms with Gasteiger partial charge in [0, 0.05) is 10.8 Å². The molecule has 0 unspecified atom stereocenters. The zero-order valence-electron chi connectivity index (χ0n) is 31.3. The highest BCUT2D eigenvalue weighted by Gasteiger charge is 2.23. The second-order valence-corrected chi connectivity index (χ2v) is 13.9. The minimum atomic E-state index is -0.663. The molecule has 0 aliphatic heterocycles. The first kappa shape index (κ1) is 40.0. The maximum Gasteiger partial charge on any atom is 0.252 e. The van der Waals surface area contributed by atoms with Crippen molar-refractivity contribution >= 4 is 28.1 Å². The van der Waals surface area contributed by atoms with Gasteiger partial charge in [-0.05, 0) is 73.6 Å². The van der Waals surface area contributed by atoms with Crippen LogP contribution in [-0.2, 0) is 12.8 Å². The molecular weight excluding hydrogens is 606 g/mol. The van der Waals surface area contributed by atoms with E-state index in [0.717, 1.165) is 36.8 Å². The number of carbonyl (C=O) groups is 1. The van der Waals surface area contributed by atoms with Gasteiger partial charge in [-0.15, -0.1) is 5.11 Å². The Balaban J connectivity index is 1.85. The van der Waals surface area contributed by atoms with Crippen LogP contribution in [-0.4, -0.2) is 18.1 Å². The Morgan fingerprint density at radius 1 is 0.673 bits per heavy atom. The molecule has 49 heavy (non-hydrogen) atoms. The monoisotopic (exact) mass is 672 g/mol. The molecule has 3 N–H and O–H groups in total. The summed E-state index contributed by atoms with van der Waals surface area (Å²) in [5.74, 6) is 0.0262. The van der Waals surface area contributed by atoms with Gasteiger partial charge in [-0.2, -0.15) is 5.11 Å². The normalized spacial score (nSPS) is 11.6. The Morgan fingerprint density at radius 3 is 1.65 bits per heavy atom. The molecule has 0 radical (unpaired) electrons. The fraction of sp³-hybridized carbons (Fsp3) is 0.605. The van der Waals surface area contributed by atoms with E-state index in [1.807, 2.05) is 37.3 Å². The van der Waals surface area contributed by atoms with Crippen molar-refractivity contribution in [3.63, 3.8) is 0 Å². The second kappa shape index (κ2) is 23.1. The van der Waals surface area contributed by atoms with Gasteiger partial charge in [0.25, 0.3) is 5.91 Å². The average molecular weight is 672 g/mol. The third kappa shape index (κ3) is 13.1. The number of hydrogen-bond donors (Lipinski definition) is 2. The van der Waals surface area contributed by atoms with Crippen LogP contribution in [0, 0.1) is 6.92 Å². The number of unbranched alkanes of at least 4 members (excludes halogenated alkanes) is 18. The second-order valence-electron chi connectivity index (χ2n) is 13.9. The van der Waals surface area contributed by atoms with Crippen LogP contribution in [0.15, 0.2) is 46.6 Å². The van der Waals surface area contributed by atoms with Crippen molar-refractivity contribution < 1.29 is 14.6 Å². The number of amides is 1. The van der Waals surface area contributed by atoms with Gasteiger partial charge in [0.2, 0.25) is 0 Å². The summed E-state index contributed by atoms with van der Waals surface area (Å²) >= 11 is 0. The third-order valence-electron chi connectivity index (χ3n) is 10.0. The number of benzene rings is 3. The van der Waals surface area contributed by atoms with Crippen molar-refractivity contribution in [2.75, 3.05) is 7.11 Å². The Hall–Kier alpha value is -3.41. The topological polar surface area (TPSA) is 97.3 Å². The van der Waals surface area contributed by atoms with Crippen LogP contribution in [0.3, 0.4) is 0 Å². The lowest BCUT2D eigenvalue weighted by molar-refractivity contribution is 0.0997. The molecule has 0 bridgehead atoms. The van der Waals surface area contributed by atoms with E-state index in [0.29, 0.717) is 22.3 Å². The fourth-order valence-electron chi connectivity index (χ4n) is 7.07. The van der Waals surface area contributed by atoms with Crippen molar-refractivity contribution in [2.24, 2.45) is 16.0 Å². The van der Waals surface area contributed by atoms with Crippen LogP contribution in [0.25, 0.3) is 10.8 Å². The molecule has 0 spiro atoms. The number of rotatable bonds is 26. The molecule has 3 aromatic carbocycles. The minimum absolute atomic E-state index is 0.0572. The number of primary amides is 1. The van der Waals surface area contributed by atoms with E-state index < -0.39 is 5.91 Å². The summed E-state index contributed by atoms with van der Waals surface area (Å²) < 4.78 is 5.31. The SMILES string of the molecule is CCCCCCCCCCCCc1ccc2c(O)c(C(N)=O)c(C)c(N=Nc3ccc(OC)cc3)c2c1CCCCCCCCCCCC. The van der Waals surface area contributed by atoms with E-state index in [-0.39, 0.29) is 11.3 Å². The molecule has 0 saturated carbocycles. The van der Waals surface area contributed by atoms with Crippen molar-refractivity contribution in [3.05, 3.63) is 58.7 Å². The number of hydrogen-bond acceptors (Lipinski definition) is 5. The average Bonchev–Trinajstić information content (AvgIpc) is 3.10. The van der Waals surface area contributed by atoms with Gasteiger partial charge in [-0.1, -0.05) is 142 Å². The van der Waals surface area contributed by atoms with Gasteiger partial charge in [0.05, 0.1) is 24.0 Å². The Kier molecular flexibility index (Phi) is 18.9. The zero-order valence-corrected chi connectivity index (χ0v) is 31.3. The van der Waals surface area contributed by atoms with Gasteiger partial charge in [-0.25, -0.2) is 0 Å². The maximum absolute atomic E-state index is 12.6. The van der Waals surface area contributed by atoms with Crippen molar-refractivity contribution in [2.45, 2.75) is 162 Å². The molecule has 0 atom stereocenters. The lowest BCUT2D eigenvalue weighted by atomic mass is 9.87. The lowest BCUT2D eigenvalue weighted by Gasteiger charge is -2.19. The number of nitrogens with zero attached hydrogens (tertiary/aromatic N) is 2. The van der Waals surface area contributed by atoms with Crippen LogP contribution < -0.4 is 10.5 Å². The maximum atomic E-state index is 12.6. The van der Waals surface area contributed by atoms with E-state index in [9.17, 15) is 9.90 Å². The molecule has 6 nitrogen and oxygen atoms in total. The number of methoxy groups -OCH3 is 1. The number of fused-ring (bicyclic) bond motifs is 1. The molecule has 3 aromatic rings. The van der Waals surface area contributed by atoms with E-state index >= 15 is 0 Å². The van der Waals surface area contributed by atoms with E-state index in [1.165, 1.54) is 127 Å².